The zero-order valence-electron chi connectivity index (χ0n) is 17.1. The van der Waals surface area contributed by atoms with Crippen LogP contribution in [0.1, 0.15) is 22.8 Å². The summed E-state index contributed by atoms with van der Waals surface area (Å²) in [4.78, 5) is 35.9. The molecule has 0 unspecified atom stereocenters. The molecule has 0 atom stereocenters. The highest BCUT2D eigenvalue weighted by Gasteiger charge is 2.18. The Bertz CT molecular complexity index is 1200. The van der Waals surface area contributed by atoms with Gasteiger partial charge in [0.1, 0.15) is 22.6 Å². The highest BCUT2D eigenvalue weighted by Crippen LogP contribution is 2.31. The summed E-state index contributed by atoms with van der Waals surface area (Å²) in [6, 6.07) is 9.16. The Morgan fingerprint density at radius 2 is 1.94 bits per heavy atom. The summed E-state index contributed by atoms with van der Waals surface area (Å²) in [5.74, 6) is -0.504. The van der Waals surface area contributed by atoms with Crippen molar-refractivity contribution < 1.29 is 28.2 Å². The fourth-order valence-electron chi connectivity index (χ4n) is 2.92. The third-order valence-electron chi connectivity index (χ3n) is 4.35. The molecule has 1 aromatic heterocycles. The van der Waals surface area contributed by atoms with Crippen molar-refractivity contribution in [3.63, 3.8) is 0 Å². The number of anilines is 1. The summed E-state index contributed by atoms with van der Waals surface area (Å²) in [6.45, 7) is 3.37. The van der Waals surface area contributed by atoms with Gasteiger partial charge in [-0.25, -0.2) is 9.59 Å². The number of hydrogen-bond acceptors (Lipinski definition) is 7. The molecule has 0 aliphatic carbocycles. The lowest BCUT2D eigenvalue weighted by atomic mass is 10.1. The van der Waals surface area contributed by atoms with Gasteiger partial charge in [0.15, 0.2) is 6.61 Å². The summed E-state index contributed by atoms with van der Waals surface area (Å²) in [5, 5.41) is 3.52. The summed E-state index contributed by atoms with van der Waals surface area (Å²) < 4.78 is 20.8. The van der Waals surface area contributed by atoms with Crippen LogP contribution in [0, 0.1) is 6.92 Å². The maximum atomic E-state index is 12.3. The number of aryl methyl sites for hydroxylation is 1. The molecule has 0 spiro atoms. The van der Waals surface area contributed by atoms with Crippen molar-refractivity contribution in [1.82, 2.24) is 0 Å². The average molecular weight is 446 g/mol. The van der Waals surface area contributed by atoms with E-state index in [2.05, 4.69) is 5.32 Å². The van der Waals surface area contributed by atoms with E-state index in [4.69, 9.17) is 30.2 Å². The second-order valence-electron chi connectivity index (χ2n) is 6.50. The third kappa shape index (κ3) is 5.16. The summed E-state index contributed by atoms with van der Waals surface area (Å²) in [6.07, 6.45) is 0. The van der Waals surface area contributed by atoms with Crippen LogP contribution >= 0.6 is 11.6 Å². The molecule has 0 saturated carbocycles. The van der Waals surface area contributed by atoms with Crippen LogP contribution in [0.2, 0.25) is 5.02 Å². The molecule has 8 nitrogen and oxygen atoms in total. The van der Waals surface area contributed by atoms with Crippen molar-refractivity contribution >= 4 is 40.1 Å². The molecule has 0 fully saturated rings. The number of hydrogen-bond donors (Lipinski definition) is 1. The lowest BCUT2D eigenvalue weighted by molar-refractivity contribution is -0.118. The number of carbonyl (C=O) groups is 2. The van der Waals surface area contributed by atoms with Crippen LogP contribution in [0.4, 0.5) is 5.69 Å². The second kappa shape index (κ2) is 9.53. The molecule has 162 valence electrons. The largest absolute Gasteiger partial charge is 0.496 e. The molecule has 9 heteroatoms. The van der Waals surface area contributed by atoms with Gasteiger partial charge in [0.25, 0.3) is 5.91 Å². The first-order valence-corrected chi connectivity index (χ1v) is 9.72. The number of esters is 1. The van der Waals surface area contributed by atoms with Gasteiger partial charge in [-0.05, 0) is 37.6 Å². The number of fused-ring (bicyclic) bond motifs is 1. The Labute approximate surface area is 182 Å². The molecule has 3 rings (SSSR count). The number of benzene rings is 2. The summed E-state index contributed by atoms with van der Waals surface area (Å²) in [7, 11) is 1.39. The quantitative estimate of drug-likeness (QED) is 0.433. The van der Waals surface area contributed by atoms with Gasteiger partial charge in [0, 0.05) is 23.6 Å². The molecule has 0 aliphatic rings. The number of halogens is 1. The van der Waals surface area contributed by atoms with Gasteiger partial charge in [-0.3, -0.25) is 4.79 Å². The van der Waals surface area contributed by atoms with Crippen LogP contribution in [0.25, 0.3) is 11.0 Å². The zero-order valence-corrected chi connectivity index (χ0v) is 17.9. The maximum absolute atomic E-state index is 12.3. The smallest absolute Gasteiger partial charge is 0.341 e. The van der Waals surface area contributed by atoms with E-state index in [0.29, 0.717) is 11.3 Å². The number of amides is 1. The van der Waals surface area contributed by atoms with E-state index in [9.17, 15) is 14.4 Å². The van der Waals surface area contributed by atoms with Crippen LogP contribution in [-0.4, -0.2) is 32.2 Å². The minimum atomic E-state index is -0.583. The molecule has 1 heterocycles. The number of carbonyl (C=O) groups excluding carboxylic acids is 2. The second-order valence-corrected chi connectivity index (χ2v) is 6.90. The van der Waals surface area contributed by atoms with Crippen molar-refractivity contribution in [1.29, 1.82) is 0 Å². The number of methoxy groups -OCH3 is 1. The van der Waals surface area contributed by atoms with E-state index < -0.39 is 17.5 Å². The minimum absolute atomic E-state index is 0.139. The predicted octanol–water partition coefficient (Wildman–Crippen LogP) is 3.96. The standard InChI is InChI=1S/C22H20ClNO7/c1-4-29-22(27)15-9-16(23)17(10-18(15)28-3)24-20(25)11-30-13-5-6-14-12(2)7-21(26)31-19(14)8-13/h5-10H,4,11H2,1-3H3,(H,24,25). The normalized spacial score (nSPS) is 10.6. The molecule has 0 bridgehead atoms. The number of nitrogens with one attached hydrogen (secondary N) is 1. The molecule has 0 radical (unpaired) electrons. The predicted molar refractivity (Wildman–Crippen MR) is 115 cm³/mol. The van der Waals surface area contributed by atoms with Gasteiger partial charge in [0.05, 0.1) is 24.4 Å². The lowest BCUT2D eigenvalue weighted by Gasteiger charge is -2.13. The minimum Gasteiger partial charge on any atom is -0.496 e. The average Bonchev–Trinajstić information content (AvgIpc) is 2.73. The van der Waals surface area contributed by atoms with Crippen molar-refractivity contribution in [3.8, 4) is 11.5 Å². The van der Waals surface area contributed by atoms with Crippen molar-refractivity contribution in [3.05, 3.63) is 63.0 Å². The van der Waals surface area contributed by atoms with Crippen LogP contribution < -0.4 is 20.4 Å². The van der Waals surface area contributed by atoms with E-state index in [1.54, 1.807) is 32.0 Å². The first-order valence-electron chi connectivity index (χ1n) is 9.34. The monoisotopic (exact) mass is 445 g/mol. The topological polar surface area (TPSA) is 104 Å². The zero-order chi connectivity index (χ0) is 22.5. The Morgan fingerprint density at radius 1 is 1.16 bits per heavy atom. The van der Waals surface area contributed by atoms with Crippen LogP contribution in [0.3, 0.4) is 0 Å². The number of ether oxygens (including phenoxy) is 3. The van der Waals surface area contributed by atoms with Gasteiger partial charge in [-0.1, -0.05) is 11.6 Å². The Balaban J connectivity index is 1.71. The third-order valence-corrected chi connectivity index (χ3v) is 4.66. The Kier molecular flexibility index (Phi) is 6.81. The molecular weight excluding hydrogens is 426 g/mol. The molecule has 31 heavy (non-hydrogen) atoms. The fraction of sp³-hybridized carbons (Fsp3) is 0.227. The summed E-state index contributed by atoms with van der Waals surface area (Å²) in [5.41, 5.74) is 1.09. The number of rotatable bonds is 7. The van der Waals surface area contributed by atoms with Crippen LogP contribution in [-0.2, 0) is 9.53 Å². The lowest BCUT2D eigenvalue weighted by Crippen LogP contribution is -2.20. The first-order chi connectivity index (χ1) is 14.8. The van der Waals surface area contributed by atoms with Crippen LogP contribution in [0.5, 0.6) is 11.5 Å². The molecule has 2 aromatic carbocycles. The van der Waals surface area contributed by atoms with E-state index in [1.165, 1.54) is 25.3 Å². The van der Waals surface area contributed by atoms with Gasteiger partial charge >= 0.3 is 11.6 Å². The van der Waals surface area contributed by atoms with Crippen molar-refractivity contribution in [2.75, 3.05) is 25.6 Å². The Morgan fingerprint density at radius 3 is 2.65 bits per heavy atom. The summed E-state index contributed by atoms with van der Waals surface area (Å²) >= 11 is 6.20. The van der Waals surface area contributed by atoms with E-state index in [-0.39, 0.29) is 35.2 Å². The molecule has 1 N–H and O–H groups in total. The molecule has 0 saturated heterocycles. The maximum Gasteiger partial charge on any atom is 0.341 e. The van der Waals surface area contributed by atoms with E-state index in [0.717, 1.165) is 10.9 Å². The van der Waals surface area contributed by atoms with Gasteiger partial charge < -0.3 is 23.9 Å². The van der Waals surface area contributed by atoms with Gasteiger partial charge in [-0.2, -0.15) is 0 Å². The molecule has 1 amide bonds. The first kappa shape index (κ1) is 22.2. The van der Waals surface area contributed by atoms with Crippen molar-refractivity contribution in [2.24, 2.45) is 0 Å². The molecular formula is C22H20ClNO7. The SMILES string of the molecule is CCOC(=O)c1cc(Cl)c(NC(=O)COc2ccc3c(C)cc(=O)oc3c2)cc1OC. The Hall–Kier alpha value is -3.52. The highest BCUT2D eigenvalue weighted by atomic mass is 35.5. The van der Waals surface area contributed by atoms with Gasteiger partial charge in [-0.15, -0.1) is 0 Å². The van der Waals surface area contributed by atoms with E-state index in [1.807, 2.05) is 0 Å². The molecule has 0 aliphatic heterocycles. The van der Waals surface area contributed by atoms with E-state index >= 15 is 0 Å². The van der Waals surface area contributed by atoms with Crippen molar-refractivity contribution in [2.45, 2.75) is 13.8 Å². The van der Waals surface area contributed by atoms with Gasteiger partial charge in [0.2, 0.25) is 0 Å². The fourth-order valence-corrected chi connectivity index (χ4v) is 3.13. The molecule has 3 aromatic rings. The highest BCUT2D eigenvalue weighted by molar-refractivity contribution is 6.34. The van der Waals surface area contributed by atoms with Crippen LogP contribution in [0.15, 0.2) is 45.6 Å².